The lowest BCUT2D eigenvalue weighted by Gasteiger charge is -2.31. The molecule has 4 rings (SSSR count). The Hall–Kier alpha value is -2.45. The van der Waals surface area contributed by atoms with E-state index in [1.165, 1.54) is 4.88 Å². The number of hydrogen-bond donors (Lipinski definition) is 1. The third-order valence-corrected chi connectivity index (χ3v) is 5.92. The van der Waals surface area contributed by atoms with Gasteiger partial charge in [0.15, 0.2) is 5.13 Å². The van der Waals surface area contributed by atoms with Gasteiger partial charge in [0.05, 0.1) is 23.2 Å². The number of anilines is 2. The van der Waals surface area contributed by atoms with Crippen LogP contribution in [0.5, 0.6) is 0 Å². The molecule has 0 fully saturated rings. The van der Waals surface area contributed by atoms with E-state index >= 15 is 0 Å². The van der Waals surface area contributed by atoms with Crippen LogP contribution in [0, 0.1) is 0 Å². The average Bonchev–Trinajstić information content (AvgIpc) is 3.29. The summed E-state index contributed by atoms with van der Waals surface area (Å²) < 4.78 is 5.91. The van der Waals surface area contributed by atoms with Gasteiger partial charge in [0.25, 0.3) is 0 Å². The minimum atomic E-state index is 0.1000. The van der Waals surface area contributed by atoms with Crippen LogP contribution in [-0.4, -0.2) is 40.5 Å². The van der Waals surface area contributed by atoms with Crippen molar-refractivity contribution in [1.82, 2.24) is 19.9 Å². The molecule has 0 amide bonds. The Morgan fingerprint density at radius 3 is 2.74 bits per heavy atom. The van der Waals surface area contributed by atoms with E-state index in [9.17, 15) is 0 Å². The minimum absolute atomic E-state index is 0.1000. The summed E-state index contributed by atoms with van der Waals surface area (Å²) in [6.07, 6.45) is 4.42. The zero-order chi connectivity index (χ0) is 18.8. The number of aryl methyl sites for hydroxylation is 1. The van der Waals surface area contributed by atoms with Crippen molar-refractivity contribution in [2.75, 3.05) is 30.9 Å². The molecule has 142 valence electrons. The number of rotatable bonds is 6. The van der Waals surface area contributed by atoms with Crippen molar-refractivity contribution in [2.45, 2.75) is 32.5 Å². The molecule has 1 aliphatic rings. The first-order valence-electron chi connectivity index (χ1n) is 9.12. The Morgan fingerprint density at radius 1 is 1.26 bits per heavy atom. The fraction of sp³-hybridized carbons (Fsp3) is 0.421. The molecule has 27 heavy (non-hydrogen) atoms. The molecule has 1 N–H and O–H groups in total. The first kappa shape index (κ1) is 17.9. The molecule has 8 heteroatoms. The summed E-state index contributed by atoms with van der Waals surface area (Å²) in [7, 11) is 4.06. The highest BCUT2D eigenvalue weighted by Crippen LogP contribution is 2.36. The van der Waals surface area contributed by atoms with Crippen LogP contribution in [0.2, 0.25) is 0 Å². The normalized spacial score (nSPS) is 16.9. The van der Waals surface area contributed by atoms with Gasteiger partial charge in [-0.15, -0.1) is 0 Å². The van der Waals surface area contributed by atoms with Crippen molar-refractivity contribution in [3.63, 3.8) is 0 Å². The quantitative estimate of drug-likeness (QED) is 0.699. The predicted molar refractivity (Wildman–Crippen MR) is 107 cm³/mol. The Morgan fingerprint density at radius 2 is 2.04 bits per heavy atom. The number of furan rings is 1. The van der Waals surface area contributed by atoms with E-state index in [1.54, 1.807) is 23.7 Å². The summed E-state index contributed by atoms with van der Waals surface area (Å²) in [5.74, 6) is 2.66. The van der Waals surface area contributed by atoms with E-state index in [2.05, 4.69) is 44.1 Å². The van der Waals surface area contributed by atoms with Gasteiger partial charge >= 0.3 is 0 Å². The lowest BCUT2D eigenvalue weighted by molar-refractivity contribution is 0.208. The van der Waals surface area contributed by atoms with E-state index in [0.29, 0.717) is 5.95 Å². The SMILES string of the molecule is CCc1ccc(CN2Cc3nc(N(C)C)sc3[C@@H](Nc3ncccn3)C2)o1. The van der Waals surface area contributed by atoms with Crippen LogP contribution in [0.4, 0.5) is 11.1 Å². The third-order valence-electron chi connectivity index (χ3n) is 4.54. The average molecular weight is 385 g/mol. The lowest BCUT2D eigenvalue weighted by Crippen LogP contribution is -2.36. The van der Waals surface area contributed by atoms with Gasteiger partial charge in [-0.2, -0.15) is 0 Å². The molecule has 3 aromatic heterocycles. The van der Waals surface area contributed by atoms with E-state index in [-0.39, 0.29) is 6.04 Å². The Kier molecular flexibility index (Phi) is 5.09. The van der Waals surface area contributed by atoms with Crippen LogP contribution < -0.4 is 10.2 Å². The van der Waals surface area contributed by atoms with Crippen LogP contribution in [0.3, 0.4) is 0 Å². The monoisotopic (exact) mass is 384 g/mol. The molecule has 0 bridgehead atoms. The van der Waals surface area contributed by atoms with Crippen molar-refractivity contribution in [3.05, 3.63) is 52.7 Å². The molecule has 0 saturated carbocycles. The molecule has 0 aliphatic carbocycles. The third kappa shape index (κ3) is 3.96. The number of nitrogens with zero attached hydrogens (tertiary/aromatic N) is 5. The second-order valence-electron chi connectivity index (χ2n) is 6.86. The van der Waals surface area contributed by atoms with Gasteiger partial charge < -0.3 is 14.6 Å². The maximum Gasteiger partial charge on any atom is 0.223 e. The molecule has 0 aromatic carbocycles. The first-order chi connectivity index (χ1) is 13.1. The fourth-order valence-electron chi connectivity index (χ4n) is 3.22. The van der Waals surface area contributed by atoms with Crippen LogP contribution in [-0.2, 0) is 19.5 Å². The number of aromatic nitrogens is 3. The van der Waals surface area contributed by atoms with Crippen LogP contribution in [0.25, 0.3) is 0 Å². The highest BCUT2D eigenvalue weighted by Gasteiger charge is 2.30. The van der Waals surface area contributed by atoms with Gasteiger partial charge in [0.1, 0.15) is 11.5 Å². The minimum Gasteiger partial charge on any atom is -0.465 e. The zero-order valence-corrected chi connectivity index (χ0v) is 16.7. The predicted octanol–water partition coefficient (Wildman–Crippen LogP) is 3.32. The molecule has 4 heterocycles. The molecule has 1 aliphatic heterocycles. The summed E-state index contributed by atoms with van der Waals surface area (Å²) in [5.41, 5.74) is 1.12. The van der Waals surface area contributed by atoms with E-state index < -0.39 is 0 Å². The maximum atomic E-state index is 5.91. The van der Waals surface area contributed by atoms with Gasteiger partial charge in [-0.05, 0) is 18.2 Å². The summed E-state index contributed by atoms with van der Waals surface area (Å²) >= 11 is 1.73. The molecule has 3 aromatic rings. The summed E-state index contributed by atoms with van der Waals surface area (Å²) in [6.45, 7) is 4.54. The summed E-state index contributed by atoms with van der Waals surface area (Å²) in [5, 5.41) is 4.50. The highest BCUT2D eigenvalue weighted by atomic mass is 32.1. The number of fused-ring (bicyclic) bond motifs is 1. The van der Waals surface area contributed by atoms with Gasteiger partial charge in [0.2, 0.25) is 5.95 Å². The fourth-order valence-corrected chi connectivity index (χ4v) is 4.26. The van der Waals surface area contributed by atoms with Crippen molar-refractivity contribution in [3.8, 4) is 0 Å². The number of nitrogens with one attached hydrogen (secondary N) is 1. The van der Waals surface area contributed by atoms with Crippen molar-refractivity contribution < 1.29 is 4.42 Å². The standard InChI is InChI=1S/C19H24N6OS/c1-4-13-6-7-14(26-13)10-25-11-15(22-18-20-8-5-9-21-18)17-16(12-25)23-19(27-17)24(2)3/h5-9,15H,4,10-12H2,1-3H3,(H,20,21,22)/t15-/m0/s1. The first-order valence-corrected chi connectivity index (χ1v) is 9.94. The largest absolute Gasteiger partial charge is 0.465 e. The Balaban J connectivity index is 1.58. The molecule has 0 spiro atoms. The Bertz CT molecular complexity index is 891. The number of hydrogen-bond acceptors (Lipinski definition) is 8. The van der Waals surface area contributed by atoms with Crippen molar-refractivity contribution in [2.24, 2.45) is 0 Å². The summed E-state index contributed by atoms with van der Waals surface area (Å²) in [4.78, 5) is 19.2. The van der Waals surface area contributed by atoms with Gasteiger partial charge in [0, 0.05) is 46.0 Å². The maximum absolute atomic E-state index is 5.91. The molecule has 1 atom stereocenters. The zero-order valence-electron chi connectivity index (χ0n) is 15.8. The van der Waals surface area contributed by atoms with Gasteiger partial charge in [-0.25, -0.2) is 15.0 Å². The Labute approximate surface area is 163 Å². The number of thiazole rings is 1. The van der Waals surface area contributed by atoms with E-state index in [4.69, 9.17) is 9.40 Å². The van der Waals surface area contributed by atoms with Crippen LogP contribution >= 0.6 is 11.3 Å². The van der Waals surface area contributed by atoms with Crippen LogP contribution in [0.15, 0.2) is 35.0 Å². The molecular weight excluding hydrogens is 360 g/mol. The second-order valence-corrected chi connectivity index (χ2v) is 7.87. The second kappa shape index (κ2) is 7.66. The van der Waals surface area contributed by atoms with Crippen molar-refractivity contribution in [1.29, 1.82) is 0 Å². The van der Waals surface area contributed by atoms with Gasteiger partial charge in [-0.3, -0.25) is 4.90 Å². The molecule has 7 nitrogen and oxygen atoms in total. The van der Waals surface area contributed by atoms with Crippen molar-refractivity contribution >= 4 is 22.4 Å². The van der Waals surface area contributed by atoms with E-state index in [1.807, 2.05) is 20.2 Å². The molecule has 0 radical (unpaired) electrons. The smallest absolute Gasteiger partial charge is 0.223 e. The lowest BCUT2D eigenvalue weighted by atomic mass is 10.1. The summed E-state index contributed by atoms with van der Waals surface area (Å²) in [6, 6.07) is 6.06. The molecular formula is C19H24N6OS. The van der Waals surface area contributed by atoms with Gasteiger partial charge in [-0.1, -0.05) is 18.3 Å². The highest BCUT2D eigenvalue weighted by molar-refractivity contribution is 7.15. The topological polar surface area (TPSA) is 70.3 Å². The molecule has 0 saturated heterocycles. The van der Waals surface area contributed by atoms with E-state index in [0.717, 1.165) is 48.4 Å². The van der Waals surface area contributed by atoms with Crippen LogP contribution in [0.1, 0.15) is 35.1 Å². The molecule has 0 unspecified atom stereocenters.